The van der Waals surface area contributed by atoms with Gasteiger partial charge < -0.3 is 15.0 Å². The molecule has 0 bridgehead atoms. The minimum atomic E-state index is -0.539. The van der Waals surface area contributed by atoms with Crippen molar-refractivity contribution < 1.29 is 14.5 Å². The van der Waals surface area contributed by atoms with E-state index in [9.17, 15) is 14.9 Å². The summed E-state index contributed by atoms with van der Waals surface area (Å²) in [6, 6.07) is 6.63. The number of para-hydroxylation sites is 1. The smallest absolute Gasteiger partial charge is 0.353 e. The molecular weight excluding hydrogens is 350 g/mol. The topological polar surface area (TPSA) is 110 Å². The third-order valence-corrected chi connectivity index (χ3v) is 4.48. The van der Waals surface area contributed by atoms with E-state index in [4.69, 9.17) is 4.74 Å². The molecule has 0 amide bonds. The van der Waals surface area contributed by atoms with Crippen LogP contribution < -0.4 is 10.2 Å². The normalized spacial score (nSPS) is 14.3. The molecule has 1 aromatic heterocycles. The Labute approximate surface area is 156 Å². The monoisotopic (exact) mass is 371 g/mol. The fourth-order valence-corrected chi connectivity index (χ4v) is 3.15. The van der Waals surface area contributed by atoms with Crippen LogP contribution in [0.4, 0.5) is 23.0 Å². The van der Waals surface area contributed by atoms with E-state index in [-0.39, 0.29) is 17.1 Å². The van der Waals surface area contributed by atoms with Crippen molar-refractivity contribution >= 4 is 29.0 Å². The maximum absolute atomic E-state index is 12.0. The Morgan fingerprint density at radius 3 is 2.56 bits per heavy atom. The summed E-state index contributed by atoms with van der Waals surface area (Å²) >= 11 is 0. The molecule has 0 saturated carbocycles. The van der Waals surface area contributed by atoms with Crippen LogP contribution >= 0.6 is 0 Å². The zero-order valence-electron chi connectivity index (χ0n) is 15.1. The molecule has 1 aromatic carbocycles. The van der Waals surface area contributed by atoms with Gasteiger partial charge in [-0.1, -0.05) is 25.0 Å². The molecule has 9 nitrogen and oxygen atoms in total. The van der Waals surface area contributed by atoms with Gasteiger partial charge in [-0.3, -0.25) is 10.1 Å². The number of aromatic nitrogens is 2. The lowest BCUT2D eigenvalue weighted by Crippen LogP contribution is -2.26. The summed E-state index contributed by atoms with van der Waals surface area (Å²) in [7, 11) is 1.28. The summed E-state index contributed by atoms with van der Waals surface area (Å²) in [4.78, 5) is 33.5. The Hall–Kier alpha value is -3.23. The van der Waals surface area contributed by atoms with Crippen LogP contribution in [0.1, 0.15) is 36.0 Å². The van der Waals surface area contributed by atoms with E-state index in [1.807, 2.05) is 4.90 Å². The van der Waals surface area contributed by atoms with E-state index in [1.54, 1.807) is 24.3 Å². The van der Waals surface area contributed by atoms with Crippen LogP contribution in [0.25, 0.3) is 0 Å². The minimum Gasteiger partial charge on any atom is -0.465 e. The SMILES string of the molecule is COC(=O)c1ccccc1Nc1ncnc(N2CCCCCC2)c1[N+](=O)[O-]. The molecule has 9 heteroatoms. The quantitative estimate of drug-likeness (QED) is 0.484. The van der Waals surface area contributed by atoms with E-state index in [2.05, 4.69) is 15.3 Å². The number of methoxy groups -OCH3 is 1. The maximum Gasteiger partial charge on any atom is 0.353 e. The van der Waals surface area contributed by atoms with Crippen molar-refractivity contribution in [3.63, 3.8) is 0 Å². The number of hydrogen-bond acceptors (Lipinski definition) is 8. The van der Waals surface area contributed by atoms with Gasteiger partial charge in [0.2, 0.25) is 11.6 Å². The Morgan fingerprint density at radius 1 is 1.19 bits per heavy atom. The number of rotatable bonds is 5. The van der Waals surface area contributed by atoms with Crippen molar-refractivity contribution in [3.8, 4) is 0 Å². The van der Waals surface area contributed by atoms with Crippen LogP contribution in [-0.4, -0.2) is 41.1 Å². The Bertz CT molecular complexity index is 834. The molecule has 1 saturated heterocycles. The highest BCUT2D eigenvalue weighted by Gasteiger charge is 2.28. The van der Waals surface area contributed by atoms with E-state index >= 15 is 0 Å². The van der Waals surface area contributed by atoms with E-state index in [0.29, 0.717) is 11.5 Å². The van der Waals surface area contributed by atoms with E-state index in [1.165, 1.54) is 13.4 Å². The van der Waals surface area contributed by atoms with Crippen LogP contribution in [0.3, 0.4) is 0 Å². The number of benzene rings is 1. The number of ether oxygens (including phenoxy) is 1. The maximum atomic E-state index is 12.0. The van der Waals surface area contributed by atoms with Crippen molar-refractivity contribution in [3.05, 3.63) is 46.3 Å². The van der Waals surface area contributed by atoms with Gasteiger partial charge in [-0.2, -0.15) is 0 Å². The van der Waals surface area contributed by atoms with Crippen LogP contribution in [0.15, 0.2) is 30.6 Å². The molecule has 1 aliphatic rings. The van der Waals surface area contributed by atoms with Crippen molar-refractivity contribution in [2.24, 2.45) is 0 Å². The molecule has 1 N–H and O–H groups in total. The molecule has 0 unspecified atom stereocenters. The molecule has 1 fully saturated rings. The van der Waals surface area contributed by atoms with Gasteiger partial charge in [0.05, 0.1) is 23.3 Å². The number of nitro groups is 1. The molecule has 0 aliphatic carbocycles. The van der Waals surface area contributed by atoms with Gasteiger partial charge in [-0.05, 0) is 25.0 Å². The van der Waals surface area contributed by atoms with Gasteiger partial charge in [0, 0.05) is 13.1 Å². The van der Waals surface area contributed by atoms with Gasteiger partial charge in [0.1, 0.15) is 6.33 Å². The molecule has 27 heavy (non-hydrogen) atoms. The first-order valence-corrected chi connectivity index (χ1v) is 8.80. The van der Waals surface area contributed by atoms with Gasteiger partial charge in [-0.15, -0.1) is 0 Å². The lowest BCUT2D eigenvalue weighted by Gasteiger charge is -2.21. The molecule has 0 spiro atoms. The predicted molar refractivity (Wildman–Crippen MR) is 100 cm³/mol. The third kappa shape index (κ3) is 4.13. The van der Waals surface area contributed by atoms with Crippen LogP contribution in [-0.2, 0) is 4.74 Å². The van der Waals surface area contributed by atoms with Gasteiger partial charge in [0.25, 0.3) is 0 Å². The fourth-order valence-electron chi connectivity index (χ4n) is 3.15. The summed E-state index contributed by atoms with van der Waals surface area (Å²) in [5.41, 5.74) is 0.455. The number of esters is 1. The number of hydrogen-bond donors (Lipinski definition) is 1. The molecule has 0 atom stereocenters. The second kappa shape index (κ2) is 8.43. The Balaban J connectivity index is 2.00. The van der Waals surface area contributed by atoms with Crippen LogP contribution in [0.5, 0.6) is 0 Å². The third-order valence-electron chi connectivity index (χ3n) is 4.48. The average molecular weight is 371 g/mol. The van der Waals surface area contributed by atoms with Crippen molar-refractivity contribution in [2.75, 3.05) is 30.4 Å². The van der Waals surface area contributed by atoms with Crippen LogP contribution in [0.2, 0.25) is 0 Å². The molecular formula is C18H21N5O4. The number of nitrogens with one attached hydrogen (secondary N) is 1. The average Bonchev–Trinajstić information content (AvgIpc) is 2.97. The first-order valence-electron chi connectivity index (χ1n) is 8.80. The summed E-state index contributed by atoms with van der Waals surface area (Å²) in [5.74, 6) is -0.192. The zero-order chi connectivity index (χ0) is 19.2. The fraction of sp³-hybridized carbons (Fsp3) is 0.389. The first kappa shape index (κ1) is 18.6. The number of carbonyl (C=O) groups excluding carboxylic acids is 1. The molecule has 142 valence electrons. The summed E-state index contributed by atoms with van der Waals surface area (Å²) < 4.78 is 4.77. The summed E-state index contributed by atoms with van der Waals surface area (Å²) in [6.45, 7) is 1.44. The van der Waals surface area contributed by atoms with Crippen molar-refractivity contribution in [1.82, 2.24) is 9.97 Å². The predicted octanol–water partition coefficient (Wildman–Crippen LogP) is 3.30. The standard InChI is InChI=1S/C18H21N5O4/c1-27-18(24)13-8-4-5-9-14(13)21-16-15(23(25)26)17(20-12-19-16)22-10-6-2-3-7-11-22/h4-5,8-9,12H,2-3,6-7,10-11H2,1H3,(H,19,20,21). The minimum absolute atomic E-state index is 0.0469. The summed E-state index contributed by atoms with van der Waals surface area (Å²) in [5, 5.41) is 14.7. The van der Waals surface area contributed by atoms with E-state index < -0.39 is 10.9 Å². The second-order valence-electron chi connectivity index (χ2n) is 6.22. The van der Waals surface area contributed by atoms with Gasteiger partial charge in [-0.25, -0.2) is 14.8 Å². The highest BCUT2D eigenvalue weighted by Crippen LogP contribution is 2.35. The molecule has 0 radical (unpaired) electrons. The number of carbonyl (C=O) groups is 1. The van der Waals surface area contributed by atoms with Crippen LogP contribution in [0, 0.1) is 10.1 Å². The van der Waals surface area contributed by atoms with Crippen molar-refractivity contribution in [2.45, 2.75) is 25.7 Å². The Morgan fingerprint density at radius 2 is 1.89 bits per heavy atom. The lowest BCUT2D eigenvalue weighted by atomic mass is 10.2. The van der Waals surface area contributed by atoms with Gasteiger partial charge >= 0.3 is 11.7 Å². The number of nitrogens with zero attached hydrogens (tertiary/aromatic N) is 4. The Kier molecular flexibility index (Phi) is 5.80. The molecule has 1 aliphatic heterocycles. The highest BCUT2D eigenvalue weighted by molar-refractivity contribution is 5.96. The van der Waals surface area contributed by atoms with E-state index in [0.717, 1.165) is 38.8 Å². The highest BCUT2D eigenvalue weighted by atomic mass is 16.6. The summed E-state index contributed by atoms with van der Waals surface area (Å²) in [6.07, 6.45) is 5.44. The molecule has 2 aromatic rings. The lowest BCUT2D eigenvalue weighted by molar-refractivity contribution is -0.383. The largest absolute Gasteiger partial charge is 0.465 e. The second-order valence-corrected chi connectivity index (χ2v) is 6.22. The first-order chi connectivity index (χ1) is 13.1. The molecule has 2 heterocycles. The molecule has 3 rings (SSSR count). The van der Waals surface area contributed by atoms with Gasteiger partial charge in [0.15, 0.2) is 0 Å². The number of anilines is 3. The zero-order valence-corrected chi connectivity index (χ0v) is 15.1. The van der Waals surface area contributed by atoms with Crippen molar-refractivity contribution in [1.29, 1.82) is 0 Å².